The Morgan fingerprint density at radius 2 is 2.00 bits per heavy atom. The second-order valence-electron chi connectivity index (χ2n) is 4.91. The van der Waals surface area contributed by atoms with Gasteiger partial charge in [-0.15, -0.1) is 11.3 Å². The number of benzene rings is 1. The molecule has 2 rings (SSSR count). The first-order chi connectivity index (χ1) is 8.52. The van der Waals surface area contributed by atoms with E-state index in [1.807, 2.05) is 0 Å². The number of nitrogens with two attached hydrogens (primary N) is 1. The topological polar surface area (TPSA) is 38.9 Å². The van der Waals surface area contributed by atoms with E-state index in [2.05, 4.69) is 45.9 Å². The molecule has 2 aromatic rings. The molecule has 0 amide bonds. The molecule has 0 radical (unpaired) electrons. The molecule has 0 aliphatic heterocycles. The summed E-state index contributed by atoms with van der Waals surface area (Å²) in [6, 6.07) is 6.52. The molecule has 2 N–H and O–H groups in total. The van der Waals surface area contributed by atoms with Crippen LogP contribution in [0, 0.1) is 20.8 Å². The summed E-state index contributed by atoms with van der Waals surface area (Å²) in [5.74, 6) is 0.340. The number of nitrogens with zero attached hydrogens (tertiary/aromatic N) is 1. The molecular formula is C15H20N2S. The molecule has 1 heterocycles. The van der Waals surface area contributed by atoms with Crippen LogP contribution in [0.3, 0.4) is 0 Å². The highest BCUT2D eigenvalue weighted by Gasteiger charge is 2.15. The van der Waals surface area contributed by atoms with Gasteiger partial charge in [-0.2, -0.15) is 0 Å². The summed E-state index contributed by atoms with van der Waals surface area (Å²) in [6.45, 7) is 9.18. The molecule has 96 valence electrons. The molecule has 0 aliphatic rings. The summed E-state index contributed by atoms with van der Waals surface area (Å²) >= 11 is 1.77. The van der Waals surface area contributed by atoms with Crippen molar-refractivity contribution in [2.24, 2.45) is 5.73 Å². The molecule has 1 aromatic heterocycles. The van der Waals surface area contributed by atoms with Crippen LogP contribution in [0.25, 0.3) is 11.3 Å². The number of aromatic nitrogens is 1. The minimum absolute atomic E-state index is 0.340. The summed E-state index contributed by atoms with van der Waals surface area (Å²) < 4.78 is 0. The molecule has 18 heavy (non-hydrogen) atoms. The van der Waals surface area contributed by atoms with Gasteiger partial charge in [0.25, 0.3) is 0 Å². The van der Waals surface area contributed by atoms with E-state index in [1.54, 1.807) is 11.3 Å². The molecule has 1 atom stereocenters. The lowest BCUT2D eigenvalue weighted by Gasteiger charge is -2.06. The van der Waals surface area contributed by atoms with E-state index in [0.29, 0.717) is 12.5 Å². The lowest BCUT2D eigenvalue weighted by molar-refractivity contribution is 0.766. The fourth-order valence-corrected chi connectivity index (χ4v) is 2.97. The van der Waals surface area contributed by atoms with Crippen LogP contribution in [0.15, 0.2) is 18.2 Å². The van der Waals surface area contributed by atoms with Gasteiger partial charge in [-0.25, -0.2) is 4.98 Å². The van der Waals surface area contributed by atoms with Gasteiger partial charge in [-0.1, -0.05) is 24.6 Å². The van der Waals surface area contributed by atoms with E-state index in [9.17, 15) is 0 Å². The van der Waals surface area contributed by atoms with E-state index >= 15 is 0 Å². The number of thiazole rings is 1. The van der Waals surface area contributed by atoms with Gasteiger partial charge < -0.3 is 5.73 Å². The molecule has 0 aliphatic carbocycles. The molecule has 0 fully saturated rings. The molecule has 1 aromatic carbocycles. The zero-order chi connectivity index (χ0) is 13.3. The molecule has 0 bridgehead atoms. The van der Waals surface area contributed by atoms with Crippen LogP contribution in [0.1, 0.15) is 33.9 Å². The zero-order valence-electron chi connectivity index (χ0n) is 11.4. The Kier molecular flexibility index (Phi) is 3.83. The normalized spacial score (nSPS) is 12.7. The van der Waals surface area contributed by atoms with E-state index in [4.69, 9.17) is 10.7 Å². The Bertz CT molecular complexity index is 558. The highest BCUT2D eigenvalue weighted by atomic mass is 32.1. The van der Waals surface area contributed by atoms with Crippen LogP contribution < -0.4 is 5.73 Å². The van der Waals surface area contributed by atoms with Crippen molar-refractivity contribution in [3.63, 3.8) is 0 Å². The second-order valence-corrected chi connectivity index (χ2v) is 6.15. The van der Waals surface area contributed by atoms with Crippen molar-refractivity contribution < 1.29 is 0 Å². The van der Waals surface area contributed by atoms with Crippen LogP contribution in [0.4, 0.5) is 0 Å². The Morgan fingerprint density at radius 3 is 2.67 bits per heavy atom. The fraction of sp³-hybridized carbons (Fsp3) is 0.400. The van der Waals surface area contributed by atoms with Crippen molar-refractivity contribution in [1.82, 2.24) is 4.98 Å². The SMILES string of the molecule is Cc1ccc(C)c(-c2nc(C(C)CN)sc2C)c1. The minimum atomic E-state index is 0.340. The third kappa shape index (κ3) is 2.47. The van der Waals surface area contributed by atoms with Crippen LogP contribution >= 0.6 is 11.3 Å². The predicted octanol–water partition coefficient (Wildman–Crippen LogP) is 3.80. The third-order valence-electron chi connectivity index (χ3n) is 3.24. The van der Waals surface area contributed by atoms with Crippen molar-refractivity contribution in [1.29, 1.82) is 0 Å². The van der Waals surface area contributed by atoms with E-state index < -0.39 is 0 Å². The van der Waals surface area contributed by atoms with E-state index in [0.717, 1.165) is 10.7 Å². The first-order valence-corrected chi connectivity index (χ1v) is 7.09. The van der Waals surface area contributed by atoms with E-state index in [-0.39, 0.29) is 0 Å². The molecule has 3 heteroatoms. The lowest BCUT2D eigenvalue weighted by Crippen LogP contribution is -2.08. The maximum absolute atomic E-state index is 5.72. The minimum Gasteiger partial charge on any atom is -0.330 e. The monoisotopic (exact) mass is 260 g/mol. The van der Waals surface area contributed by atoms with Crippen molar-refractivity contribution in [3.05, 3.63) is 39.2 Å². The summed E-state index contributed by atoms with van der Waals surface area (Å²) in [4.78, 5) is 6.07. The van der Waals surface area contributed by atoms with Crippen molar-refractivity contribution in [3.8, 4) is 11.3 Å². The quantitative estimate of drug-likeness (QED) is 0.911. The third-order valence-corrected chi connectivity index (χ3v) is 4.44. The van der Waals surface area contributed by atoms with Gasteiger partial charge in [0.05, 0.1) is 10.7 Å². The highest BCUT2D eigenvalue weighted by Crippen LogP contribution is 2.32. The summed E-state index contributed by atoms with van der Waals surface area (Å²) in [7, 11) is 0. The van der Waals surface area contributed by atoms with Crippen molar-refractivity contribution in [2.45, 2.75) is 33.6 Å². The van der Waals surface area contributed by atoms with Crippen LogP contribution in [0.2, 0.25) is 0 Å². The first kappa shape index (κ1) is 13.2. The molecule has 1 unspecified atom stereocenters. The van der Waals surface area contributed by atoms with Gasteiger partial charge in [0.15, 0.2) is 0 Å². The smallest absolute Gasteiger partial charge is 0.0976 e. The largest absolute Gasteiger partial charge is 0.330 e. The lowest BCUT2D eigenvalue weighted by atomic mass is 10.0. The number of hydrogen-bond acceptors (Lipinski definition) is 3. The van der Waals surface area contributed by atoms with Gasteiger partial charge in [0, 0.05) is 22.9 Å². The van der Waals surface area contributed by atoms with Gasteiger partial charge in [0.2, 0.25) is 0 Å². The van der Waals surface area contributed by atoms with Gasteiger partial charge in [-0.05, 0) is 32.4 Å². The van der Waals surface area contributed by atoms with Crippen molar-refractivity contribution in [2.75, 3.05) is 6.54 Å². The van der Waals surface area contributed by atoms with E-state index in [1.165, 1.54) is 21.6 Å². The second kappa shape index (κ2) is 5.21. The maximum Gasteiger partial charge on any atom is 0.0976 e. The van der Waals surface area contributed by atoms with Crippen LogP contribution in [-0.2, 0) is 0 Å². The Labute approximate surface area is 113 Å². The van der Waals surface area contributed by atoms with Gasteiger partial charge in [-0.3, -0.25) is 0 Å². The fourth-order valence-electron chi connectivity index (χ4n) is 1.97. The molecule has 0 spiro atoms. The first-order valence-electron chi connectivity index (χ1n) is 6.28. The van der Waals surface area contributed by atoms with Crippen LogP contribution in [0.5, 0.6) is 0 Å². The molecule has 2 nitrogen and oxygen atoms in total. The standard InChI is InChI=1S/C15H20N2S/c1-9-5-6-10(2)13(7-9)14-12(4)18-15(17-14)11(3)8-16/h5-7,11H,8,16H2,1-4H3. The average molecular weight is 260 g/mol. The Hall–Kier alpha value is -1.19. The molecule has 0 saturated heterocycles. The highest BCUT2D eigenvalue weighted by molar-refractivity contribution is 7.12. The van der Waals surface area contributed by atoms with Crippen LogP contribution in [-0.4, -0.2) is 11.5 Å². The Balaban J connectivity index is 2.50. The maximum atomic E-state index is 5.72. The zero-order valence-corrected chi connectivity index (χ0v) is 12.3. The molecular weight excluding hydrogens is 240 g/mol. The van der Waals surface area contributed by atoms with Crippen molar-refractivity contribution >= 4 is 11.3 Å². The number of hydrogen-bond donors (Lipinski definition) is 1. The summed E-state index contributed by atoms with van der Waals surface area (Å²) in [5.41, 5.74) is 10.6. The van der Waals surface area contributed by atoms with Gasteiger partial charge >= 0.3 is 0 Å². The predicted molar refractivity (Wildman–Crippen MR) is 79.2 cm³/mol. The number of rotatable bonds is 3. The average Bonchev–Trinajstić information content (AvgIpc) is 2.73. The van der Waals surface area contributed by atoms with Gasteiger partial charge in [0.1, 0.15) is 0 Å². The summed E-state index contributed by atoms with van der Waals surface area (Å²) in [5, 5.41) is 1.14. The Morgan fingerprint density at radius 1 is 1.28 bits per heavy atom. The molecule has 0 saturated carbocycles. The summed E-state index contributed by atoms with van der Waals surface area (Å²) in [6.07, 6.45) is 0. The number of aryl methyl sites for hydroxylation is 3.